The highest BCUT2D eigenvalue weighted by molar-refractivity contribution is 5.12. The maximum Gasteiger partial charge on any atom is 0.457 e. The zero-order chi connectivity index (χ0) is 10.8. The molecule has 0 spiro atoms. The van der Waals surface area contributed by atoms with Crippen LogP contribution >= 0.6 is 0 Å². The van der Waals surface area contributed by atoms with Crippen LogP contribution in [0.2, 0.25) is 0 Å². The van der Waals surface area contributed by atoms with Gasteiger partial charge in [0, 0.05) is 19.0 Å². The number of β-amino-alcohol motifs (C(OH)–C–C–N with tert-alkyl or cyclic N) is 1. The minimum atomic E-state index is -4.46. The van der Waals surface area contributed by atoms with Crippen LogP contribution < -0.4 is 0 Å². The van der Waals surface area contributed by atoms with E-state index in [4.69, 9.17) is 0 Å². The smallest absolute Gasteiger partial charge is 0.390 e. The van der Waals surface area contributed by atoms with E-state index in [1.54, 1.807) is 0 Å². The molecule has 0 aromatic heterocycles. The van der Waals surface area contributed by atoms with Crippen LogP contribution in [0.5, 0.6) is 0 Å². The first-order chi connectivity index (χ1) is 6.42. The van der Waals surface area contributed by atoms with Gasteiger partial charge in [0.25, 0.3) is 0 Å². The minimum Gasteiger partial charge on any atom is -0.390 e. The molecule has 5 heteroatoms. The van der Waals surface area contributed by atoms with Gasteiger partial charge in [-0.15, -0.1) is 0 Å². The van der Waals surface area contributed by atoms with Gasteiger partial charge in [-0.1, -0.05) is 12.8 Å². The summed E-state index contributed by atoms with van der Waals surface area (Å²) >= 11 is 0. The van der Waals surface area contributed by atoms with E-state index in [0.717, 1.165) is 6.54 Å². The number of alkyl halides is 3. The molecule has 1 fully saturated rings. The van der Waals surface area contributed by atoms with Gasteiger partial charge in [0.15, 0.2) is 0 Å². The molecule has 2 atom stereocenters. The second-order valence-electron chi connectivity index (χ2n) is 3.29. The van der Waals surface area contributed by atoms with E-state index < -0.39 is 18.2 Å². The lowest BCUT2D eigenvalue weighted by Gasteiger charge is -2.09. The van der Waals surface area contributed by atoms with E-state index in [9.17, 15) is 18.3 Å². The number of halogens is 3. The Balaban J connectivity index is 2.57. The predicted molar refractivity (Wildman–Crippen MR) is 45.4 cm³/mol. The molecule has 0 saturated carbocycles. The highest BCUT2D eigenvalue weighted by atomic mass is 19.4. The maximum absolute atomic E-state index is 11.7. The van der Waals surface area contributed by atoms with Crippen molar-refractivity contribution in [1.29, 1.82) is 0 Å². The molecule has 1 saturated heterocycles. The van der Waals surface area contributed by atoms with Gasteiger partial charge in [0.1, 0.15) is 0 Å². The highest BCUT2D eigenvalue weighted by Gasteiger charge is 2.30. The molecule has 0 amide bonds. The van der Waals surface area contributed by atoms with Gasteiger partial charge in [-0.05, 0) is 6.54 Å². The van der Waals surface area contributed by atoms with Gasteiger partial charge >= 0.3 is 6.18 Å². The molecule has 0 bridgehead atoms. The number of aliphatic hydroxyl groups is 1. The van der Waals surface area contributed by atoms with E-state index >= 15 is 0 Å². The van der Waals surface area contributed by atoms with Crippen LogP contribution in [0.25, 0.3) is 0 Å². The van der Waals surface area contributed by atoms with E-state index in [1.165, 1.54) is 5.92 Å². The zero-order valence-corrected chi connectivity index (χ0v) is 7.80. The fourth-order valence-corrected chi connectivity index (χ4v) is 1.44. The third kappa shape index (κ3) is 3.20. The van der Waals surface area contributed by atoms with Crippen molar-refractivity contribution in [1.82, 2.24) is 4.90 Å². The third-order valence-electron chi connectivity index (χ3n) is 2.21. The summed E-state index contributed by atoms with van der Waals surface area (Å²) in [5.74, 6) is 2.70. The van der Waals surface area contributed by atoms with Crippen LogP contribution in [0.15, 0.2) is 0 Å². The molecule has 1 rings (SSSR count). The van der Waals surface area contributed by atoms with Crippen LogP contribution in [0.1, 0.15) is 6.92 Å². The van der Waals surface area contributed by atoms with Crippen molar-refractivity contribution in [2.24, 2.45) is 5.92 Å². The van der Waals surface area contributed by atoms with Gasteiger partial charge in [0.2, 0.25) is 0 Å². The molecule has 0 aromatic carbocycles. The Labute approximate surface area is 80.7 Å². The van der Waals surface area contributed by atoms with Crippen molar-refractivity contribution >= 4 is 0 Å². The molecule has 0 unspecified atom stereocenters. The minimum absolute atomic E-state index is 0.410. The SMILES string of the molecule is CCN1C[C@@H](O)[C@H](C#CC(F)(F)F)C1. The van der Waals surface area contributed by atoms with Crippen LogP contribution in [0, 0.1) is 17.8 Å². The van der Waals surface area contributed by atoms with Crippen molar-refractivity contribution in [3.05, 3.63) is 0 Å². The summed E-state index contributed by atoms with van der Waals surface area (Å²) in [6.45, 7) is 3.45. The number of nitrogens with zero attached hydrogens (tertiary/aromatic N) is 1. The van der Waals surface area contributed by atoms with Gasteiger partial charge in [0.05, 0.1) is 12.0 Å². The van der Waals surface area contributed by atoms with Gasteiger partial charge < -0.3 is 5.11 Å². The standard InChI is InChI=1S/C9H12F3NO/c1-2-13-5-7(8(14)6-13)3-4-9(10,11)12/h7-8,14H,2,5-6H2,1H3/t7-,8-/m1/s1. The van der Waals surface area contributed by atoms with E-state index in [0.29, 0.717) is 13.1 Å². The maximum atomic E-state index is 11.7. The number of hydrogen-bond acceptors (Lipinski definition) is 2. The fraction of sp³-hybridized carbons (Fsp3) is 0.778. The average molecular weight is 207 g/mol. The lowest BCUT2D eigenvalue weighted by molar-refractivity contribution is -0.0698. The Morgan fingerprint density at radius 1 is 1.43 bits per heavy atom. The molecular weight excluding hydrogens is 195 g/mol. The molecule has 0 aliphatic carbocycles. The first-order valence-corrected chi connectivity index (χ1v) is 4.42. The van der Waals surface area contributed by atoms with Gasteiger partial charge in [-0.25, -0.2) is 0 Å². The number of likely N-dealkylation sites (tertiary alicyclic amines) is 1. The molecule has 0 radical (unpaired) electrons. The van der Waals surface area contributed by atoms with Gasteiger partial charge in [-0.2, -0.15) is 13.2 Å². The summed E-state index contributed by atoms with van der Waals surface area (Å²) in [6, 6.07) is 0. The molecule has 0 aromatic rings. The largest absolute Gasteiger partial charge is 0.457 e. The summed E-state index contributed by atoms with van der Waals surface area (Å²) in [5.41, 5.74) is 0. The molecule has 1 aliphatic rings. The van der Waals surface area contributed by atoms with E-state index in [1.807, 2.05) is 11.8 Å². The zero-order valence-electron chi connectivity index (χ0n) is 7.80. The summed E-state index contributed by atoms with van der Waals surface area (Å²) < 4.78 is 35.2. The molecule has 1 heterocycles. The highest BCUT2D eigenvalue weighted by Crippen LogP contribution is 2.18. The van der Waals surface area contributed by atoms with Crippen LogP contribution in [-0.2, 0) is 0 Å². The lowest BCUT2D eigenvalue weighted by atomic mass is 10.1. The topological polar surface area (TPSA) is 23.5 Å². The van der Waals surface area contributed by atoms with Crippen molar-refractivity contribution < 1.29 is 18.3 Å². The van der Waals surface area contributed by atoms with Crippen LogP contribution in [-0.4, -0.2) is 41.9 Å². The lowest BCUT2D eigenvalue weighted by Crippen LogP contribution is -2.21. The predicted octanol–water partition coefficient (Wildman–Crippen LogP) is 0.865. The number of rotatable bonds is 1. The Hall–Kier alpha value is -0.730. The van der Waals surface area contributed by atoms with Crippen LogP contribution in [0.3, 0.4) is 0 Å². The molecule has 1 aliphatic heterocycles. The van der Waals surface area contributed by atoms with Gasteiger partial charge in [-0.3, -0.25) is 4.90 Å². The van der Waals surface area contributed by atoms with Crippen LogP contribution in [0.4, 0.5) is 13.2 Å². The normalized spacial score (nSPS) is 28.6. The summed E-state index contributed by atoms with van der Waals surface area (Å²) in [5, 5.41) is 9.38. The Kier molecular flexibility index (Phi) is 3.40. The molecule has 14 heavy (non-hydrogen) atoms. The first-order valence-electron chi connectivity index (χ1n) is 4.42. The second kappa shape index (κ2) is 4.20. The molecule has 80 valence electrons. The molecule has 2 nitrogen and oxygen atoms in total. The molecule has 1 N–H and O–H groups in total. The number of hydrogen-bond donors (Lipinski definition) is 1. The Bertz CT molecular complexity index is 253. The monoisotopic (exact) mass is 207 g/mol. The van der Waals surface area contributed by atoms with E-state index in [2.05, 4.69) is 5.92 Å². The summed E-state index contributed by atoms with van der Waals surface area (Å²) in [7, 11) is 0. The summed E-state index contributed by atoms with van der Waals surface area (Å²) in [6.07, 6.45) is -5.22. The Morgan fingerprint density at radius 2 is 2.07 bits per heavy atom. The molecular formula is C9H12F3NO. The number of aliphatic hydroxyl groups excluding tert-OH is 1. The Morgan fingerprint density at radius 3 is 2.50 bits per heavy atom. The third-order valence-corrected chi connectivity index (χ3v) is 2.21. The fourth-order valence-electron chi connectivity index (χ4n) is 1.44. The second-order valence-corrected chi connectivity index (χ2v) is 3.29. The average Bonchev–Trinajstić information content (AvgIpc) is 2.42. The first kappa shape index (κ1) is 11.3. The quantitative estimate of drug-likeness (QED) is 0.645. The summed E-state index contributed by atoms with van der Waals surface area (Å²) in [4.78, 5) is 1.88. The number of likely N-dealkylation sites (N-methyl/N-ethyl adjacent to an activating group) is 1. The van der Waals surface area contributed by atoms with E-state index in [-0.39, 0.29) is 0 Å². The van der Waals surface area contributed by atoms with Crippen molar-refractivity contribution in [3.8, 4) is 11.8 Å². The van der Waals surface area contributed by atoms with Crippen molar-refractivity contribution in [2.45, 2.75) is 19.2 Å². The van der Waals surface area contributed by atoms with Crippen molar-refractivity contribution in [2.75, 3.05) is 19.6 Å². The van der Waals surface area contributed by atoms with Crippen molar-refractivity contribution in [3.63, 3.8) is 0 Å².